The minimum atomic E-state index is -1.38. The summed E-state index contributed by atoms with van der Waals surface area (Å²) in [6.07, 6.45) is -5.19. The number of nitrogens with two attached hydrogens (primary N) is 1. The van der Waals surface area contributed by atoms with Gasteiger partial charge >= 0.3 is 6.09 Å². The van der Waals surface area contributed by atoms with E-state index < -0.39 is 84.3 Å². The molecule has 0 bridgehead atoms. The lowest BCUT2D eigenvalue weighted by molar-refractivity contribution is -0.315. The van der Waals surface area contributed by atoms with Gasteiger partial charge in [0, 0.05) is 5.92 Å². The van der Waals surface area contributed by atoms with Crippen molar-refractivity contribution in [3.05, 3.63) is 11.8 Å². The summed E-state index contributed by atoms with van der Waals surface area (Å²) in [5, 5.41) is 49.6. The zero-order valence-corrected chi connectivity index (χ0v) is 27.6. The molecule has 14 heteroatoms. The number of aliphatic hydroxyl groups is 4. The molecule has 0 aromatic carbocycles. The van der Waals surface area contributed by atoms with Crippen molar-refractivity contribution >= 4 is 12.0 Å². The first-order valence-corrected chi connectivity index (χ1v) is 16.1. The van der Waals surface area contributed by atoms with Crippen molar-refractivity contribution in [3.63, 3.8) is 0 Å². The Balaban J connectivity index is 1.86. The molecule has 1 saturated carbocycles. The molecule has 0 aromatic heterocycles. The molecule has 14 nitrogen and oxygen atoms in total. The van der Waals surface area contributed by atoms with E-state index in [0.717, 1.165) is 0 Å². The van der Waals surface area contributed by atoms with Crippen LogP contribution in [0.15, 0.2) is 11.8 Å². The predicted molar refractivity (Wildman–Crippen MR) is 162 cm³/mol. The van der Waals surface area contributed by atoms with Gasteiger partial charge in [-0.25, -0.2) is 4.79 Å². The molecule has 12 atom stereocenters. The Morgan fingerprint density at radius 1 is 1.11 bits per heavy atom. The fourth-order valence-electron chi connectivity index (χ4n) is 6.26. The second-order valence-corrected chi connectivity index (χ2v) is 13.7. The number of nitrogens with one attached hydrogen (secondary N) is 2. The fourth-order valence-corrected chi connectivity index (χ4v) is 6.26. The summed E-state index contributed by atoms with van der Waals surface area (Å²) in [5.74, 6) is -1.09. The largest absolute Gasteiger partial charge is 0.466 e. The van der Waals surface area contributed by atoms with Crippen LogP contribution in [0.25, 0.3) is 0 Å². The Morgan fingerprint density at radius 3 is 2.38 bits per heavy atom. The Labute approximate surface area is 265 Å². The molecule has 0 radical (unpaired) electrons. The van der Waals surface area contributed by atoms with Crippen molar-refractivity contribution in [3.8, 4) is 0 Å². The van der Waals surface area contributed by atoms with Crippen LogP contribution in [0.3, 0.4) is 0 Å². The van der Waals surface area contributed by atoms with E-state index in [1.165, 1.54) is 0 Å². The summed E-state index contributed by atoms with van der Waals surface area (Å²) in [6, 6.07) is -1.46. The van der Waals surface area contributed by atoms with Crippen LogP contribution in [0.2, 0.25) is 0 Å². The van der Waals surface area contributed by atoms with E-state index in [0.29, 0.717) is 25.0 Å². The molecule has 260 valence electrons. The molecule has 2 fully saturated rings. The highest BCUT2D eigenvalue weighted by atomic mass is 16.7. The van der Waals surface area contributed by atoms with Crippen LogP contribution in [0, 0.1) is 11.8 Å². The van der Waals surface area contributed by atoms with Crippen molar-refractivity contribution in [2.45, 2.75) is 147 Å². The van der Waals surface area contributed by atoms with Gasteiger partial charge in [0.1, 0.15) is 35.8 Å². The lowest BCUT2D eigenvalue weighted by Gasteiger charge is -2.49. The first kappa shape index (κ1) is 37.4. The van der Waals surface area contributed by atoms with Gasteiger partial charge in [-0.3, -0.25) is 4.79 Å². The molecule has 2 amide bonds. The van der Waals surface area contributed by atoms with Crippen molar-refractivity contribution in [2.75, 3.05) is 13.2 Å². The van der Waals surface area contributed by atoms with E-state index in [1.54, 1.807) is 33.8 Å². The van der Waals surface area contributed by atoms with Crippen molar-refractivity contribution < 1.29 is 53.7 Å². The van der Waals surface area contributed by atoms with Crippen LogP contribution in [-0.2, 0) is 28.5 Å². The van der Waals surface area contributed by atoms with Crippen molar-refractivity contribution in [1.82, 2.24) is 10.6 Å². The Bertz CT molecular complexity index is 1020. The van der Waals surface area contributed by atoms with Gasteiger partial charge in [-0.15, -0.1) is 0 Å². The maximum atomic E-state index is 12.9. The van der Waals surface area contributed by atoms with Gasteiger partial charge in [0.2, 0.25) is 12.2 Å². The van der Waals surface area contributed by atoms with Crippen LogP contribution in [-0.4, -0.2) is 112 Å². The molecule has 8 N–H and O–H groups in total. The lowest BCUT2D eigenvalue weighted by atomic mass is 9.79. The van der Waals surface area contributed by atoms with Gasteiger partial charge in [-0.05, 0) is 65.4 Å². The van der Waals surface area contributed by atoms with Gasteiger partial charge in [-0.2, -0.15) is 0 Å². The third kappa shape index (κ3) is 9.74. The lowest BCUT2D eigenvalue weighted by Crippen LogP contribution is -2.65. The summed E-state index contributed by atoms with van der Waals surface area (Å²) >= 11 is 0. The summed E-state index contributed by atoms with van der Waals surface area (Å²) in [7, 11) is 0. The number of carbonyl (C=O) groups excluding carboxylic acids is 2. The molecule has 0 aromatic rings. The molecular weight excluding hydrogens is 590 g/mol. The van der Waals surface area contributed by atoms with Crippen LogP contribution in [0.1, 0.15) is 80.6 Å². The van der Waals surface area contributed by atoms with Crippen LogP contribution in [0.5, 0.6) is 0 Å². The molecule has 3 aliphatic rings. The molecule has 0 spiro atoms. The molecule has 0 unspecified atom stereocenters. The van der Waals surface area contributed by atoms with Gasteiger partial charge in [0.25, 0.3) is 0 Å². The summed E-state index contributed by atoms with van der Waals surface area (Å²) < 4.78 is 29.7. The highest BCUT2D eigenvalue weighted by molar-refractivity contribution is 5.80. The van der Waals surface area contributed by atoms with Gasteiger partial charge < -0.3 is 60.5 Å². The molecule has 1 aliphatic carbocycles. The Hall–Kier alpha value is -2.04. The first-order valence-electron chi connectivity index (χ1n) is 16.1. The van der Waals surface area contributed by atoms with Crippen molar-refractivity contribution in [1.29, 1.82) is 0 Å². The zero-order chi connectivity index (χ0) is 33.7. The third-order valence-corrected chi connectivity index (χ3v) is 8.60. The highest BCUT2D eigenvalue weighted by Crippen LogP contribution is 2.37. The first-order chi connectivity index (χ1) is 21.0. The van der Waals surface area contributed by atoms with Gasteiger partial charge in [-0.1, -0.05) is 27.2 Å². The standard InChI is InChI=1S/C31H55N3O11/c1-8-10-21(35)26(38)33-20-13-16(3)24(23(37)25(20)44-28-22(36)18(9-2)31(7,40)15-41-28)43-27-19(12-11-17(14-32)42-27)34-29(39)45-30(4,5)6/h11,16,18-25,27-28,35-37,40H,8-10,12-15,32H2,1-7H3,(H,33,38)(H,34,39)/t16-,18+,19+,20+,21-,22+,23-,24+,25-,27+,28+,31-/m0/s1. The molecule has 45 heavy (non-hydrogen) atoms. The number of aliphatic hydroxyl groups excluding tert-OH is 3. The van der Waals surface area contributed by atoms with E-state index in [-0.39, 0.29) is 31.9 Å². The topological polar surface area (TPSA) is 211 Å². The molecular formula is C31H55N3O11. The predicted octanol–water partition coefficient (Wildman–Crippen LogP) is 0.780. The minimum absolute atomic E-state index is 0.0982. The summed E-state index contributed by atoms with van der Waals surface area (Å²) in [4.78, 5) is 25.5. The van der Waals surface area contributed by atoms with Crippen LogP contribution < -0.4 is 16.4 Å². The number of carbonyl (C=O) groups is 2. The van der Waals surface area contributed by atoms with E-state index in [9.17, 15) is 30.0 Å². The van der Waals surface area contributed by atoms with E-state index >= 15 is 0 Å². The average molecular weight is 646 g/mol. The van der Waals surface area contributed by atoms with Crippen molar-refractivity contribution in [2.24, 2.45) is 17.6 Å². The van der Waals surface area contributed by atoms with E-state index in [2.05, 4.69) is 10.6 Å². The number of hydrogen-bond acceptors (Lipinski definition) is 12. The fraction of sp³-hybridized carbons (Fsp3) is 0.871. The van der Waals surface area contributed by atoms with E-state index in [1.807, 2.05) is 20.8 Å². The molecule has 3 rings (SSSR count). The Kier molecular flexibility index (Phi) is 13.1. The Morgan fingerprint density at radius 2 is 1.78 bits per heavy atom. The third-order valence-electron chi connectivity index (χ3n) is 8.60. The number of ether oxygens (including phenoxy) is 5. The summed E-state index contributed by atoms with van der Waals surface area (Å²) in [5.41, 5.74) is 3.81. The maximum Gasteiger partial charge on any atom is 0.408 e. The smallest absolute Gasteiger partial charge is 0.408 e. The summed E-state index contributed by atoms with van der Waals surface area (Å²) in [6.45, 7) is 12.3. The number of hydrogen-bond donors (Lipinski definition) is 7. The SMILES string of the molecule is CCC[C@H](O)C(=O)N[C@@H]1C[C@H](C)[C@@H](O[C@H]2OC(CN)=CC[C@H]2NC(=O)OC(C)(C)C)[C@H](O)[C@H]1O[C@H]1OC[C@](C)(O)[C@H](CC)[C@H]1O. The molecule has 2 heterocycles. The second kappa shape index (κ2) is 15.7. The molecule has 1 saturated heterocycles. The second-order valence-electron chi connectivity index (χ2n) is 13.7. The van der Waals surface area contributed by atoms with Crippen LogP contribution >= 0.6 is 0 Å². The highest BCUT2D eigenvalue weighted by Gasteiger charge is 2.51. The quantitative estimate of drug-likeness (QED) is 0.166. The normalized spacial score (nSPS) is 38.0. The monoisotopic (exact) mass is 645 g/mol. The average Bonchev–Trinajstić information content (AvgIpc) is 2.94. The number of amides is 2. The van der Waals surface area contributed by atoms with Crippen LogP contribution in [0.4, 0.5) is 4.79 Å². The van der Waals surface area contributed by atoms with E-state index in [4.69, 9.17) is 29.4 Å². The van der Waals surface area contributed by atoms with Gasteiger partial charge in [0.05, 0.1) is 36.9 Å². The zero-order valence-electron chi connectivity index (χ0n) is 27.6. The number of alkyl carbamates (subject to hydrolysis) is 1. The van der Waals surface area contributed by atoms with Gasteiger partial charge in [0.15, 0.2) is 6.29 Å². The minimum Gasteiger partial charge on any atom is -0.466 e. The number of rotatable bonds is 11. The maximum absolute atomic E-state index is 12.9. The molecule has 2 aliphatic heterocycles.